The van der Waals surface area contributed by atoms with Crippen molar-refractivity contribution in [3.63, 3.8) is 0 Å². The molecule has 0 aliphatic carbocycles. The number of benzene rings is 1. The minimum absolute atomic E-state index is 0.0421. The fraction of sp³-hybridized carbons (Fsp3) is 0.455. The summed E-state index contributed by atoms with van der Waals surface area (Å²) < 4.78 is 5.97. The number of carbonyl (C=O) groups excluding carboxylic acids is 1. The molecule has 1 aromatic heterocycles. The van der Waals surface area contributed by atoms with Crippen molar-refractivity contribution in [1.29, 1.82) is 0 Å². The maximum Gasteiger partial charge on any atom is 0.272 e. The molecule has 1 unspecified atom stereocenters. The van der Waals surface area contributed by atoms with Gasteiger partial charge in [-0.1, -0.05) is 36.8 Å². The van der Waals surface area contributed by atoms with E-state index >= 15 is 0 Å². The summed E-state index contributed by atoms with van der Waals surface area (Å²) >= 11 is 0. The van der Waals surface area contributed by atoms with Gasteiger partial charge in [0.05, 0.1) is 6.04 Å². The summed E-state index contributed by atoms with van der Waals surface area (Å²) in [5, 5.41) is 0. The van der Waals surface area contributed by atoms with Crippen LogP contribution in [-0.2, 0) is 4.79 Å². The molecule has 0 radical (unpaired) electrons. The third-order valence-corrected chi connectivity index (χ3v) is 5.45. The van der Waals surface area contributed by atoms with Crippen LogP contribution in [0.2, 0.25) is 0 Å². The molecule has 0 N–H and O–H groups in total. The van der Waals surface area contributed by atoms with Gasteiger partial charge in [-0.25, -0.2) is 4.98 Å². The maximum absolute atomic E-state index is 13.4. The van der Waals surface area contributed by atoms with Crippen LogP contribution in [0.25, 0.3) is 0 Å². The molecule has 1 aromatic carbocycles. The number of fused-ring (bicyclic) bond motifs is 1. The van der Waals surface area contributed by atoms with E-state index in [9.17, 15) is 4.79 Å². The van der Waals surface area contributed by atoms with E-state index in [0.717, 1.165) is 25.2 Å². The fourth-order valence-corrected chi connectivity index (χ4v) is 4.03. The summed E-state index contributed by atoms with van der Waals surface area (Å²) in [5.74, 6) is 1.24. The zero-order valence-corrected chi connectivity index (χ0v) is 16.1. The molecule has 3 heterocycles. The van der Waals surface area contributed by atoms with E-state index in [-0.39, 0.29) is 11.9 Å². The van der Waals surface area contributed by atoms with Gasteiger partial charge < -0.3 is 9.64 Å². The van der Waals surface area contributed by atoms with E-state index in [1.54, 1.807) is 6.20 Å². The highest BCUT2D eigenvalue weighted by Crippen LogP contribution is 2.40. The first-order chi connectivity index (χ1) is 13.1. The van der Waals surface area contributed by atoms with Gasteiger partial charge in [0.25, 0.3) is 5.91 Å². The molecular formula is C22H27N3O2. The molecular weight excluding hydrogens is 338 g/mol. The second-order valence-electron chi connectivity index (χ2n) is 7.90. The van der Waals surface area contributed by atoms with Crippen molar-refractivity contribution in [1.82, 2.24) is 9.88 Å². The van der Waals surface area contributed by atoms with Gasteiger partial charge >= 0.3 is 0 Å². The van der Waals surface area contributed by atoms with Crippen molar-refractivity contribution in [2.75, 3.05) is 24.5 Å². The highest BCUT2D eigenvalue weighted by molar-refractivity contribution is 6.02. The standard InChI is InChI=1S/C22H27N3O2/c1-22(2)21(26)25(20-19(27-22)12-9-13-23-20)18(17-10-5-3-6-11-17)16-24-14-7-4-8-15-24/h3,5-6,9-13,18H,4,7-8,14-16H2,1-2H3. The summed E-state index contributed by atoms with van der Waals surface area (Å²) in [5.41, 5.74) is 0.219. The second kappa shape index (κ2) is 7.31. The molecule has 4 rings (SSSR count). The van der Waals surface area contributed by atoms with Gasteiger partial charge in [0.2, 0.25) is 0 Å². The predicted molar refractivity (Wildman–Crippen MR) is 106 cm³/mol. The lowest BCUT2D eigenvalue weighted by Gasteiger charge is -2.43. The van der Waals surface area contributed by atoms with Crippen LogP contribution in [0, 0.1) is 0 Å². The monoisotopic (exact) mass is 365 g/mol. The van der Waals surface area contributed by atoms with Crippen LogP contribution in [0.1, 0.15) is 44.7 Å². The van der Waals surface area contributed by atoms with Crippen LogP contribution in [0.5, 0.6) is 5.75 Å². The Morgan fingerprint density at radius 1 is 1.07 bits per heavy atom. The molecule has 142 valence electrons. The smallest absolute Gasteiger partial charge is 0.272 e. The molecule has 1 amide bonds. The molecule has 0 bridgehead atoms. The largest absolute Gasteiger partial charge is 0.474 e. The Kier molecular flexibility index (Phi) is 4.87. The van der Waals surface area contributed by atoms with Gasteiger partial charge in [0, 0.05) is 12.7 Å². The van der Waals surface area contributed by atoms with Crippen molar-refractivity contribution in [2.24, 2.45) is 0 Å². The maximum atomic E-state index is 13.4. The molecule has 2 aromatic rings. The fourth-order valence-electron chi connectivity index (χ4n) is 4.03. The molecule has 1 saturated heterocycles. The summed E-state index contributed by atoms with van der Waals surface area (Å²) in [6.45, 7) is 6.64. The van der Waals surface area contributed by atoms with Crippen LogP contribution in [-0.4, -0.2) is 41.0 Å². The number of carbonyl (C=O) groups is 1. The number of ether oxygens (including phenoxy) is 1. The van der Waals surface area contributed by atoms with Crippen molar-refractivity contribution in [3.8, 4) is 5.75 Å². The lowest BCUT2D eigenvalue weighted by molar-refractivity contribution is -0.133. The predicted octanol–water partition coefficient (Wildman–Crippen LogP) is 3.81. The number of amides is 1. The molecule has 1 fully saturated rings. The number of aromatic nitrogens is 1. The first-order valence-corrected chi connectivity index (χ1v) is 9.81. The number of anilines is 1. The third-order valence-electron chi connectivity index (χ3n) is 5.45. The lowest BCUT2D eigenvalue weighted by Crippen LogP contribution is -2.55. The summed E-state index contributed by atoms with van der Waals surface area (Å²) in [6, 6.07) is 14.0. The molecule has 27 heavy (non-hydrogen) atoms. The van der Waals surface area contributed by atoms with Crippen molar-refractivity contribution in [3.05, 3.63) is 54.2 Å². The Hall–Kier alpha value is -2.40. The number of pyridine rings is 1. The number of hydrogen-bond acceptors (Lipinski definition) is 4. The number of rotatable bonds is 4. The Labute approximate surface area is 161 Å². The minimum atomic E-state index is -0.912. The van der Waals surface area contributed by atoms with E-state index in [4.69, 9.17) is 4.74 Å². The van der Waals surface area contributed by atoms with Gasteiger partial charge in [-0.2, -0.15) is 0 Å². The van der Waals surface area contributed by atoms with Gasteiger partial charge in [-0.15, -0.1) is 0 Å². The quantitative estimate of drug-likeness (QED) is 0.826. The highest BCUT2D eigenvalue weighted by atomic mass is 16.5. The van der Waals surface area contributed by atoms with Gasteiger partial charge in [0.15, 0.2) is 17.2 Å². The average Bonchev–Trinajstić information content (AvgIpc) is 2.69. The van der Waals surface area contributed by atoms with Crippen LogP contribution in [0.3, 0.4) is 0 Å². The van der Waals surface area contributed by atoms with Crippen molar-refractivity contribution in [2.45, 2.75) is 44.8 Å². The van der Waals surface area contributed by atoms with Gasteiger partial charge in [-0.05, 0) is 57.5 Å². The molecule has 5 nitrogen and oxygen atoms in total. The van der Waals surface area contributed by atoms with E-state index < -0.39 is 5.60 Å². The van der Waals surface area contributed by atoms with Gasteiger partial charge in [-0.3, -0.25) is 9.69 Å². The zero-order chi connectivity index (χ0) is 18.9. The third kappa shape index (κ3) is 3.56. The Morgan fingerprint density at radius 3 is 2.56 bits per heavy atom. The normalized spacial score (nSPS) is 20.7. The second-order valence-corrected chi connectivity index (χ2v) is 7.90. The summed E-state index contributed by atoms with van der Waals surface area (Å²) in [4.78, 5) is 22.3. The van der Waals surface area contributed by atoms with E-state index in [1.165, 1.54) is 19.3 Å². The number of likely N-dealkylation sites (tertiary alicyclic amines) is 1. The number of hydrogen-bond donors (Lipinski definition) is 0. The minimum Gasteiger partial charge on any atom is -0.474 e. The van der Waals surface area contributed by atoms with E-state index in [0.29, 0.717) is 11.6 Å². The molecule has 0 spiro atoms. The van der Waals surface area contributed by atoms with Crippen LogP contribution >= 0.6 is 0 Å². The molecule has 1 atom stereocenters. The zero-order valence-electron chi connectivity index (χ0n) is 16.1. The topological polar surface area (TPSA) is 45.7 Å². The lowest BCUT2D eigenvalue weighted by atomic mass is 9.98. The van der Waals surface area contributed by atoms with Crippen LogP contribution in [0.15, 0.2) is 48.7 Å². The van der Waals surface area contributed by atoms with E-state index in [1.807, 2.05) is 49.1 Å². The highest BCUT2D eigenvalue weighted by Gasteiger charge is 2.45. The molecule has 5 heteroatoms. The number of nitrogens with zero attached hydrogens (tertiary/aromatic N) is 3. The van der Waals surface area contributed by atoms with Crippen molar-refractivity contribution < 1.29 is 9.53 Å². The average molecular weight is 365 g/mol. The summed E-state index contributed by atoms with van der Waals surface area (Å²) in [7, 11) is 0. The van der Waals surface area contributed by atoms with Crippen LogP contribution < -0.4 is 9.64 Å². The Bertz CT molecular complexity index is 800. The Morgan fingerprint density at radius 2 is 1.81 bits per heavy atom. The van der Waals surface area contributed by atoms with Crippen LogP contribution in [0.4, 0.5) is 5.82 Å². The SMILES string of the molecule is CC1(C)Oc2cccnc2N(C(CN2CCCCC2)c2ccccc2)C1=O. The summed E-state index contributed by atoms with van der Waals surface area (Å²) in [6.07, 6.45) is 5.46. The molecule has 0 saturated carbocycles. The first-order valence-electron chi connectivity index (χ1n) is 9.81. The van der Waals surface area contributed by atoms with Gasteiger partial charge in [0.1, 0.15) is 0 Å². The number of piperidine rings is 1. The molecule has 2 aliphatic heterocycles. The Balaban J connectivity index is 1.77. The first kappa shape index (κ1) is 18.0. The van der Waals surface area contributed by atoms with E-state index in [2.05, 4.69) is 22.0 Å². The van der Waals surface area contributed by atoms with Crippen molar-refractivity contribution >= 4 is 11.7 Å². The molecule has 2 aliphatic rings.